The van der Waals surface area contributed by atoms with Gasteiger partial charge in [-0.2, -0.15) is 5.26 Å². The lowest BCUT2D eigenvalue weighted by Crippen LogP contribution is -2.45. The number of carbonyl (C=O) groups excluding carboxylic acids is 1. The maximum absolute atomic E-state index is 12.6. The average Bonchev–Trinajstić information content (AvgIpc) is 3.28. The van der Waals surface area contributed by atoms with E-state index in [2.05, 4.69) is 21.3 Å². The molecule has 1 aromatic heterocycles. The monoisotopic (exact) mass is 446 g/mol. The summed E-state index contributed by atoms with van der Waals surface area (Å²) in [6, 6.07) is 17.9. The van der Waals surface area contributed by atoms with Crippen molar-refractivity contribution in [2.45, 2.75) is 32.2 Å². The number of nitriles is 1. The zero-order valence-corrected chi connectivity index (χ0v) is 18.9. The number of nitrogens with zero attached hydrogens (tertiary/aromatic N) is 3. The largest absolute Gasteiger partial charge is 0.494 e. The van der Waals surface area contributed by atoms with E-state index in [4.69, 9.17) is 10.00 Å². The molecule has 0 bridgehead atoms. The van der Waals surface area contributed by atoms with Crippen LogP contribution in [-0.4, -0.2) is 36.6 Å². The zero-order chi connectivity index (χ0) is 22.3. The van der Waals surface area contributed by atoms with Crippen LogP contribution in [0, 0.1) is 11.3 Å². The van der Waals surface area contributed by atoms with E-state index in [9.17, 15) is 4.79 Å². The van der Waals surface area contributed by atoms with Crippen LogP contribution >= 0.6 is 11.3 Å². The lowest BCUT2D eigenvalue weighted by atomic mass is 10.0. The molecule has 32 heavy (non-hydrogen) atoms. The van der Waals surface area contributed by atoms with Crippen LogP contribution in [0.2, 0.25) is 0 Å². The van der Waals surface area contributed by atoms with E-state index in [-0.39, 0.29) is 11.9 Å². The van der Waals surface area contributed by atoms with Crippen LogP contribution in [0.25, 0.3) is 10.6 Å². The fourth-order valence-corrected chi connectivity index (χ4v) is 4.68. The maximum atomic E-state index is 12.6. The predicted octanol–water partition coefficient (Wildman–Crippen LogP) is 4.41. The second kappa shape index (κ2) is 10.3. The summed E-state index contributed by atoms with van der Waals surface area (Å²) in [6.07, 6.45) is 2.10. The molecule has 0 saturated carbocycles. The molecule has 1 N–H and O–H groups in total. The third kappa shape index (κ3) is 5.45. The standard InChI is InChI=1S/C25H26N4O2S/c1-2-31-23-9-5-19(6-10-23)25-28-21(17-32-25)15-24(30)27-20-11-13-29(14-12-20)22-7-3-18(16-26)4-8-22/h3-10,17,20H,2,11-15H2,1H3,(H,27,30). The summed E-state index contributed by atoms with van der Waals surface area (Å²) in [4.78, 5) is 19.5. The SMILES string of the molecule is CCOc1ccc(-c2nc(CC(=O)NC3CCN(c4ccc(C#N)cc4)CC3)cs2)cc1. The van der Waals surface area contributed by atoms with Gasteiger partial charge in [0.2, 0.25) is 5.91 Å². The summed E-state index contributed by atoms with van der Waals surface area (Å²) in [5.41, 5.74) is 3.62. The average molecular weight is 447 g/mol. The van der Waals surface area contributed by atoms with Crippen molar-refractivity contribution in [3.05, 3.63) is 65.2 Å². The minimum atomic E-state index is 0.0189. The zero-order valence-electron chi connectivity index (χ0n) is 18.1. The van der Waals surface area contributed by atoms with Gasteiger partial charge in [-0.05, 0) is 68.3 Å². The van der Waals surface area contributed by atoms with Crippen LogP contribution in [0.3, 0.4) is 0 Å². The first-order chi connectivity index (χ1) is 15.6. The van der Waals surface area contributed by atoms with Crippen molar-refractivity contribution in [3.63, 3.8) is 0 Å². The molecule has 0 radical (unpaired) electrons. The van der Waals surface area contributed by atoms with Crippen LogP contribution in [0.1, 0.15) is 31.0 Å². The van der Waals surface area contributed by atoms with E-state index in [0.29, 0.717) is 18.6 Å². The smallest absolute Gasteiger partial charge is 0.226 e. The van der Waals surface area contributed by atoms with Crippen molar-refractivity contribution >= 4 is 22.9 Å². The number of hydrogen-bond donors (Lipinski definition) is 1. The Hall–Kier alpha value is -3.37. The molecule has 0 spiro atoms. The molecule has 1 fully saturated rings. The van der Waals surface area contributed by atoms with Gasteiger partial charge in [0.05, 0.1) is 30.4 Å². The number of carbonyl (C=O) groups is 1. The lowest BCUT2D eigenvalue weighted by Gasteiger charge is -2.34. The molecule has 4 rings (SSSR count). The van der Waals surface area contributed by atoms with Crippen LogP contribution in [-0.2, 0) is 11.2 Å². The number of benzene rings is 2. The summed E-state index contributed by atoms with van der Waals surface area (Å²) < 4.78 is 5.48. The first kappa shape index (κ1) is 21.8. The highest BCUT2D eigenvalue weighted by Crippen LogP contribution is 2.26. The van der Waals surface area contributed by atoms with Gasteiger partial charge in [0, 0.05) is 35.8 Å². The number of aromatic nitrogens is 1. The predicted molar refractivity (Wildman–Crippen MR) is 127 cm³/mol. The van der Waals surface area contributed by atoms with Gasteiger partial charge in [-0.25, -0.2) is 4.98 Å². The van der Waals surface area contributed by atoms with Crippen LogP contribution in [0.4, 0.5) is 5.69 Å². The molecule has 2 heterocycles. The number of nitrogens with one attached hydrogen (secondary N) is 1. The van der Waals surface area contributed by atoms with E-state index >= 15 is 0 Å². The molecular weight excluding hydrogens is 420 g/mol. The van der Waals surface area contributed by atoms with Gasteiger partial charge < -0.3 is 15.0 Å². The van der Waals surface area contributed by atoms with Gasteiger partial charge in [-0.1, -0.05) is 0 Å². The molecule has 164 valence electrons. The third-order valence-electron chi connectivity index (χ3n) is 5.53. The fourth-order valence-electron chi connectivity index (χ4n) is 3.85. The van der Waals surface area contributed by atoms with Crippen molar-refractivity contribution in [2.24, 2.45) is 0 Å². The van der Waals surface area contributed by atoms with Crippen LogP contribution < -0.4 is 15.0 Å². The van der Waals surface area contributed by atoms with E-state index in [0.717, 1.165) is 53.6 Å². The molecule has 1 aliphatic rings. The molecule has 7 heteroatoms. The highest BCUT2D eigenvalue weighted by atomic mass is 32.1. The van der Waals surface area contributed by atoms with E-state index in [1.54, 1.807) is 11.3 Å². The Bertz CT molecular complexity index is 1080. The second-order valence-corrected chi connectivity index (χ2v) is 8.62. The minimum absolute atomic E-state index is 0.0189. The normalized spacial score (nSPS) is 14.1. The Morgan fingerprint density at radius 1 is 1.19 bits per heavy atom. The molecule has 0 aliphatic carbocycles. The number of ether oxygens (including phenoxy) is 1. The van der Waals surface area contributed by atoms with Crippen molar-refractivity contribution in [1.29, 1.82) is 5.26 Å². The van der Waals surface area contributed by atoms with Crippen LogP contribution in [0.15, 0.2) is 53.9 Å². The second-order valence-electron chi connectivity index (χ2n) is 7.77. The molecule has 0 atom stereocenters. The van der Waals surface area contributed by atoms with E-state index < -0.39 is 0 Å². The molecule has 2 aromatic carbocycles. The lowest BCUT2D eigenvalue weighted by molar-refractivity contribution is -0.121. The highest BCUT2D eigenvalue weighted by molar-refractivity contribution is 7.13. The molecule has 3 aromatic rings. The van der Waals surface area contributed by atoms with Crippen molar-refractivity contribution in [3.8, 4) is 22.4 Å². The van der Waals surface area contributed by atoms with E-state index in [1.165, 1.54) is 0 Å². The van der Waals surface area contributed by atoms with E-state index in [1.807, 2.05) is 60.8 Å². The molecule has 1 saturated heterocycles. The summed E-state index contributed by atoms with van der Waals surface area (Å²) >= 11 is 1.55. The van der Waals surface area contributed by atoms with Crippen molar-refractivity contribution in [2.75, 3.05) is 24.6 Å². The van der Waals surface area contributed by atoms with Gasteiger partial charge in [0.15, 0.2) is 0 Å². The maximum Gasteiger partial charge on any atom is 0.226 e. The van der Waals surface area contributed by atoms with Gasteiger partial charge in [0.25, 0.3) is 0 Å². The quantitative estimate of drug-likeness (QED) is 0.582. The third-order valence-corrected chi connectivity index (χ3v) is 6.47. The summed E-state index contributed by atoms with van der Waals surface area (Å²) in [5.74, 6) is 0.864. The first-order valence-electron chi connectivity index (χ1n) is 10.9. The summed E-state index contributed by atoms with van der Waals surface area (Å²) in [6.45, 7) is 4.37. The topological polar surface area (TPSA) is 78.2 Å². The number of anilines is 1. The number of amides is 1. The van der Waals surface area contributed by atoms with Gasteiger partial charge in [-0.3, -0.25) is 4.79 Å². The Morgan fingerprint density at radius 3 is 2.56 bits per heavy atom. The number of hydrogen-bond acceptors (Lipinski definition) is 6. The number of thiazole rings is 1. The van der Waals surface area contributed by atoms with Gasteiger partial charge in [-0.15, -0.1) is 11.3 Å². The molecule has 1 aliphatic heterocycles. The van der Waals surface area contributed by atoms with Crippen LogP contribution in [0.5, 0.6) is 5.75 Å². The van der Waals surface area contributed by atoms with Gasteiger partial charge >= 0.3 is 0 Å². The van der Waals surface area contributed by atoms with Gasteiger partial charge in [0.1, 0.15) is 10.8 Å². The van der Waals surface area contributed by atoms with Crippen molar-refractivity contribution in [1.82, 2.24) is 10.3 Å². The highest BCUT2D eigenvalue weighted by Gasteiger charge is 2.21. The Morgan fingerprint density at radius 2 is 1.91 bits per heavy atom. The Labute approximate surface area is 192 Å². The minimum Gasteiger partial charge on any atom is -0.494 e. The fraction of sp³-hybridized carbons (Fsp3) is 0.320. The number of rotatable bonds is 7. The molecule has 6 nitrogen and oxygen atoms in total. The molecular formula is C25H26N4O2S. The van der Waals surface area contributed by atoms with Crippen molar-refractivity contribution < 1.29 is 9.53 Å². The summed E-state index contributed by atoms with van der Waals surface area (Å²) in [7, 11) is 0. The Balaban J connectivity index is 1.26. The first-order valence-corrected chi connectivity index (χ1v) is 11.7. The molecule has 1 amide bonds. The summed E-state index contributed by atoms with van der Waals surface area (Å²) in [5, 5.41) is 15.0. The Kier molecular flexibility index (Phi) is 7.03. The molecule has 0 unspecified atom stereocenters. The number of piperidine rings is 1.